The van der Waals surface area contributed by atoms with Crippen LogP contribution in [0, 0.1) is 5.92 Å². The fourth-order valence-electron chi connectivity index (χ4n) is 5.31. The number of nitrogens with zero attached hydrogens (tertiary/aromatic N) is 2. The van der Waals surface area contributed by atoms with E-state index in [0.29, 0.717) is 26.1 Å². The van der Waals surface area contributed by atoms with Gasteiger partial charge in [-0.25, -0.2) is 0 Å². The second kappa shape index (κ2) is 6.87. The second-order valence-electron chi connectivity index (χ2n) is 8.25. The van der Waals surface area contributed by atoms with E-state index in [1.165, 1.54) is 11.1 Å². The van der Waals surface area contributed by atoms with Gasteiger partial charge in [-0.1, -0.05) is 30.3 Å². The van der Waals surface area contributed by atoms with Gasteiger partial charge in [-0.2, -0.15) is 0 Å². The topological polar surface area (TPSA) is 74.6 Å². The van der Waals surface area contributed by atoms with Gasteiger partial charge >= 0.3 is 0 Å². The van der Waals surface area contributed by atoms with Crippen LogP contribution in [0.5, 0.6) is 0 Å². The monoisotopic (exact) mass is 379 g/mol. The van der Waals surface area contributed by atoms with Crippen LogP contribution in [-0.4, -0.2) is 46.2 Å². The second-order valence-corrected chi connectivity index (χ2v) is 8.25. The summed E-state index contributed by atoms with van der Waals surface area (Å²) in [5, 5.41) is 13.4. The molecule has 1 aromatic carbocycles. The number of piperidine rings is 1. The van der Waals surface area contributed by atoms with Crippen molar-refractivity contribution >= 4 is 5.91 Å². The van der Waals surface area contributed by atoms with Gasteiger partial charge in [0, 0.05) is 43.2 Å². The number of pyridine rings is 1. The van der Waals surface area contributed by atoms with Crippen molar-refractivity contribution in [2.75, 3.05) is 19.7 Å². The molecule has 6 nitrogen and oxygen atoms in total. The molecule has 6 heteroatoms. The molecular weight excluding hydrogens is 354 g/mol. The summed E-state index contributed by atoms with van der Waals surface area (Å²) < 4.78 is 1.76. The van der Waals surface area contributed by atoms with Gasteiger partial charge in [0.25, 0.3) is 5.56 Å². The summed E-state index contributed by atoms with van der Waals surface area (Å²) in [5.74, 6) is 0.388. The number of aliphatic hydroxyl groups excluding tert-OH is 1. The number of amides is 1. The fraction of sp³-hybridized carbons (Fsp3) is 0.455. The summed E-state index contributed by atoms with van der Waals surface area (Å²) in [5.41, 5.74) is 3.39. The molecular formula is C22H25N3O3. The van der Waals surface area contributed by atoms with Crippen LogP contribution in [0.2, 0.25) is 0 Å². The fourth-order valence-corrected chi connectivity index (χ4v) is 5.31. The summed E-state index contributed by atoms with van der Waals surface area (Å²) in [4.78, 5) is 27.7. The number of aromatic nitrogens is 1. The van der Waals surface area contributed by atoms with E-state index < -0.39 is 0 Å². The zero-order valence-electron chi connectivity index (χ0n) is 15.8. The molecule has 2 N–H and O–H groups in total. The molecule has 2 aromatic rings. The Balaban J connectivity index is 1.40. The molecule has 146 valence electrons. The van der Waals surface area contributed by atoms with Crippen molar-refractivity contribution in [2.24, 2.45) is 5.92 Å². The maximum Gasteiger partial charge on any atom is 0.251 e. The van der Waals surface area contributed by atoms with Crippen molar-refractivity contribution in [2.45, 2.75) is 37.4 Å². The van der Waals surface area contributed by atoms with Gasteiger partial charge in [0.1, 0.15) is 0 Å². The number of benzene rings is 1. The number of likely N-dealkylation sites (tertiary alicyclic amines) is 1. The number of hydrogen-bond donors (Lipinski definition) is 2. The van der Waals surface area contributed by atoms with Crippen molar-refractivity contribution in [3.05, 3.63) is 69.6 Å². The first-order chi connectivity index (χ1) is 13.7. The third kappa shape index (κ3) is 2.79. The molecule has 3 aliphatic rings. The molecule has 5 rings (SSSR count). The smallest absolute Gasteiger partial charge is 0.251 e. The van der Waals surface area contributed by atoms with E-state index in [-0.39, 0.29) is 42.0 Å². The Morgan fingerprint density at radius 3 is 2.75 bits per heavy atom. The number of carbonyl (C=O) groups excluding carboxylic acids is 1. The highest BCUT2D eigenvalue weighted by Crippen LogP contribution is 2.41. The number of hydrogen-bond acceptors (Lipinski definition) is 4. The predicted molar refractivity (Wildman–Crippen MR) is 105 cm³/mol. The molecule has 1 amide bonds. The average molecular weight is 379 g/mol. The lowest BCUT2D eigenvalue weighted by Crippen LogP contribution is -2.56. The molecule has 4 atom stereocenters. The highest BCUT2D eigenvalue weighted by molar-refractivity contribution is 5.83. The summed E-state index contributed by atoms with van der Waals surface area (Å²) in [6, 6.07) is 13.1. The Morgan fingerprint density at radius 2 is 1.93 bits per heavy atom. The first-order valence-corrected chi connectivity index (χ1v) is 10.1. The number of nitrogens with one attached hydrogen (secondary N) is 1. The van der Waals surface area contributed by atoms with E-state index in [0.717, 1.165) is 12.1 Å². The van der Waals surface area contributed by atoms with Gasteiger partial charge in [-0.3, -0.25) is 9.59 Å². The number of aliphatic hydroxyl groups is 1. The lowest BCUT2D eigenvalue weighted by Gasteiger charge is -2.47. The van der Waals surface area contributed by atoms with Crippen molar-refractivity contribution in [1.29, 1.82) is 0 Å². The Hall–Kier alpha value is -2.44. The van der Waals surface area contributed by atoms with Crippen molar-refractivity contribution < 1.29 is 9.90 Å². The summed E-state index contributed by atoms with van der Waals surface area (Å²) in [7, 11) is 0. The standard InChI is InChI=1S/C22H25N3O3/c26-13-20-17-8-16(19-6-3-7-21(27)25(19)20)11-24(12-17)22(28)18-9-14-4-1-2-5-15(14)10-23-18/h1-7,16-18,20,23,26H,8-13H2/t16-,17+,18-,20+/m1/s1. The molecule has 28 heavy (non-hydrogen) atoms. The van der Waals surface area contributed by atoms with Crippen molar-refractivity contribution in [3.63, 3.8) is 0 Å². The van der Waals surface area contributed by atoms with Gasteiger partial charge in [0.05, 0.1) is 18.7 Å². The molecule has 1 aromatic heterocycles. The molecule has 3 aliphatic heterocycles. The molecule has 0 radical (unpaired) electrons. The minimum atomic E-state index is -0.254. The van der Waals surface area contributed by atoms with Gasteiger partial charge < -0.3 is 19.9 Å². The zero-order valence-corrected chi connectivity index (χ0v) is 15.8. The number of rotatable bonds is 2. The van der Waals surface area contributed by atoms with Crippen LogP contribution in [-0.2, 0) is 17.8 Å². The zero-order chi connectivity index (χ0) is 19.3. The highest BCUT2D eigenvalue weighted by Gasteiger charge is 2.42. The minimum Gasteiger partial charge on any atom is -0.394 e. The number of carbonyl (C=O) groups is 1. The van der Waals surface area contributed by atoms with Crippen molar-refractivity contribution in [3.8, 4) is 0 Å². The molecule has 2 bridgehead atoms. The average Bonchev–Trinajstić information content (AvgIpc) is 2.73. The molecule has 1 saturated heterocycles. The first-order valence-electron chi connectivity index (χ1n) is 10.1. The molecule has 1 fully saturated rings. The van der Waals surface area contributed by atoms with E-state index in [1.807, 2.05) is 23.1 Å². The van der Waals surface area contributed by atoms with Crippen LogP contribution in [0.15, 0.2) is 47.3 Å². The summed E-state index contributed by atoms with van der Waals surface area (Å²) >= 11 is 0. The third-order valence-electron chi connectivity index (χ3n) is 6.68. The molecule has 0 saturated carbocycles. The van der Waals surface area contributed by atoms with Crippen molar-refractivity contribution in [1.82, 2.24) is 14.8 Å². The Labute approximate surface area is 163 Å². The van der Waals surface area contributed by atoms with Gasteiger partial charge in [-0.15, -0.1) is 0 Å². The van der Waals surface area contributed by atoms with Gasteiger partial charge in [-0.05, 0) is 30.0 Å². The molecule has 4 heterocycles. The third-order valence-corrected chi connectivity index (χ3v) is 6.68. The van der Waals surface area contributed by atoms with Crippen LogP contribution in [0.3, 0.4) is 0 Å². The number of fused-ring (bicyclic) bond motifs is 5. The maximum atomic E-state index is 13.3. The largest absolute Gasteiger partial charge is 0.394 e. The highest BCUT2D eigenvalue weighted by atomic mass is 16.3. The van der Waals surface area contributed by atoms with E-state index in [1.54, 1.807) is 16.7 Å². The lowest BCUT2D eigenvalue weighted by atomic mass is 9.78. The van der Waals surface area contributed by atoms with Crippen LogP contribution in [0.4, 0.5) is 0 Å². The van der Waals surface area contributed by atoms with Crippen LogP contribution in [0.25, 0.3) is 0 Å². The Morgan fingerprint density at radius 1 is 1.11 bits per heavy atom. The van der Waals surface area contributed by atoms with Gasteiger partial charge in [0.2, 0.25) is 5.91 Å². The minimum absolute atomic E-state index is 0.0587. The van der Waals surface area contributed by atoms with Crippen LogP contribution in [0.1, 0.15) is 35.2 Å². The normalized spacial score (nSPS) is 28.4. The van der Waals surface area contributed by atoms with Crippen LogP contribution < -0.4 is 10.9 Å². The summed E-state index contributed by atoms with van der Waals surface area (Å²) in [6.45, 7) is 1.87. The van der Waals surface area contributed by atoms with E-state index in [2.05, 4.69) is 17.4 Å². The molecule has 0 unspecified atom stereocenters. The first kappa shape index (κ1) is 17.6. The summed E-state index contributed by atoms with van der Waals surface area (Å²) in [6.07, 6.45) is 1.62. The van der Waals surface area contributed by atoms with Gasteiger partial charge in [0.15, 0.2) is 0 Å². The lowest BCUT2D eigenvalue weighted by molar-refractivity contribution is -0.137. The maximum absolute atomic E-state index is 13.3. The molecule has 0 aliphatic carbocycles. The molecule has 0 spiro atoms. The van der Waals surface area contributed by atoms with E-state index >= 15 is 0 Å². The van der Waals surface area contributed by atoms with E-state index in [4.69, 9.17) is 0 Å². The van der Waals surface area contributed by atoms with E-state index in [9.17, 15) is 14.7 Å². The predicted octanol–water partition coefficient (Wildman–Crippen LogP) is 1.04. The Bertz CT molecular complexity index is 969. The quantitative estimate of drug-likeness (QED) is 0.818. The SMILES string of the molecule is O=C([C@H]1Cc2ccccc2CN1)N1C[C@H]2C[C@@H](C1)[C@H](CO)n1c2cccc1=O. The van der Waals surface area contributed by atoms with Crippen LogP contribution >= 0.6 is 0 Å². The Kier molecular flexibility index (Phi) is 4.33.